The highest BCUT2D eigenvalue weighted by molar-refractivity contribution is 14.0. The van der Waals surface area contributed by atoms with Crippen molar-refractivity contribution < 1.29 is 0 Å². The summed E-state index contributed by atoms with van der Waals surface area (Å²) in [5.41, 5.74) is 2.43. The topological polar surface area (TPSA) is 49.3 Å². The number of rotatable bonds is 7. The molecule has 0 spiro atoms. The molecule has 1 aromatic heterocycles. The first-order valence-electron chi connectivity index (χ1n) is 7.97. The summed E-state index contributed by atoms with van der Waals surface area (Å²) >= 11 is 11.7. The summed E-state index contributed by atoms with van der Waals surface area (Å²) in [6.45, 7) is 1.66. The van der Waals surface area contributed by atoms with Crippen LogP contribution in [0.5, 0.6) is 0 Å². The van der Waals surface area contributed by atoms with Crippen LogP contribution in [0.15, 0.2) is 47.6 Å². The first-order valence-corrected chi connectivity index (χ1v) is 8.72. The van der Waals surface area contributed by atoms with Crippen LogP contribution in [0.1, 0.15) is 17.5 Å². The second kappa shape index (κ2) is 12.3. The molecule has 0 aliphatic carbocycles. The van der Waals surface area contributed by atoms with Gasteiger partial charge in [-0.25, -0.2) is 4.98 Å². The Bertz CT molecular complexity index is 645. The molecule has 7 heteroatoms. The third-order valence-electron chi connectivity index (χ3n) is 3.57. The van der Waals surface area contributed by atoms with Gasteiger partial charge in [-0.15, -0.1) is 24.0 Å². The highest BCUT2D eigenvalue weighted by Gasteiger charge is 1.99. The number of halogens is 3. The summed E-state index contributed by atoms with van der Waals surface area (Å²) in [7, 11) is 1.78. The quantitative estimate of drug-likeness (QED) is 0.198. The van der Waals surface area contributed by atoms with Crippen LogP contribution >= 0.6 is 47.2 Å². The predicted molar refractivity (Wildman–Crippen MR) is 118 cm³/mol. The zero-order valence-corrected chi connectivity index (χ0v) is 18.0. The lowest BCUT2D eigenvalue weighted by atomic mass is 10.1. The molecule has 2 aromatic rings. The fourth-order valence-corrected chi connectivity index (χ4v) is 2.49. The minimum Gasteiger partial charge on any atom is -0.356 e. The normalized spacial score (nSPS) is 10.9. The molecule has 136 valence electrons. The number of nitrogens with zero attached hydrogens (tertiary/aromatic N) is 2. The molecule has 0 aliphatic heterocycles. The maximum absolute atomic E-state index is 5.89. The number of benzene rings is 1. The zero-order valence-electron chi connectivity index (χ0n) is 14.1. The van der Waals surface area contributed by atoms with E-state index in [0.29, 0.717) is 5.15 Å². The summed E-state index contributed by atoms with van der Waals surface area (Å²) in [5.74, 6) is 0.813. The van der Waals surface area contributed by atoms with E-state index in [1.54, 1.807) is 19.3 Å². The SMILES string of the molecule is CN=C(NCCCc1ccc(Cl)cc1)NCCc1ccc(Cl)nc1.I. The Balaban J connectivity index is 0.00000312. The monoisotopic (exact) mass is 492 g/mol. The molecule has 0 saturated heterocycles. The van der Waals surface area contributed by atoms with E-state index in [0.717, 1.165) is 48.9 Å². The fourth-order valence-electron chi connectivity index (χ4n) is 2.25. The van der Waals surface area contributed by atoms with Gasteiger partial charge in [0.25, 0.3) is 0 Å². The number of aliphatic imine (C=N–C) groups is 1. The van der Waals surface area contributed by atoms with Crippen LogP contribution in [0.4, 0.5) is 0 Å². The summed E-state index contributed by atoms with van der Waals surface area (Å²) in [4.78, 5) is 8.31. The molecule has 0 unspecified atom stereocenters. The third kappa shape index (κ3) is 8.74. The molecule has 0 saturated carbocycles. The third-order valence-corrected chi connectivity index (χ3v) is 4.04. The van der Waals surface area contributed by atoms with Crippen molar-refractivity contribution in [1.82, 2.24) is 15.6 Å². The largest absolute Gasteiger partial charge is 0.356 e. The molecular weight excluding hydrogens is 470 g/mol. The van der Waals surface area contributed by atoms with Crippen LogP contribution in [0.2, 0.25) is 10.2 Å². The second-order valence-electron chi connectivity index (χ2n) is 5.39. The van der Waals surface area contributed by atoms with E-state index in [4.69, 9.17) is 23.2 Å². The van der Waals surface area contributed by atoms with Gasteiger partial charge in [-0.05, 0) is 48.6 Å². The van der Waals surface area contributed by atoms with Crippen LogP contribution < -0.4 is 10.6 Å². The summed E-state index contributed by atoms with van der Waals surface area (Å²) in [5, 5.41) is 7.92. The number of nitrogens with one attached hydrogen (secondary N) is 2. The van der Waals surface area contributed by atoms with Gasteiger partial charge < -0.3 is 10.6 Å². The molecule has 1 heterocycles. The predicted octanol–water partition coefficient (Wildman–Crippen LogP) is 4.35. The second-order valence-corrected chi connectivity index (χ2v) is 6.22. The average Bonchev–Trinajstić information content (AvgIpc) is 2.60. The minimum atomic E-state index is 0. The summed E-state index contributed by atoms with van der Waals surface area (Å²) in [6, 6.07) is 11.8. The molecule has 25 heavy (non-hydrogen) atoms. The molecule has 0 amide bonds. The Morgan fingerprint density at radius 1 is 0.960 bits per heavy atom. The molecule has 1 aromatic carbocycles. The molecule has 2 rings (SSSR count). The van der Waals surface area contributed by atoms with Gasteiger partial charge in [-0.2, -0.15) is 0 Å². The Morgan fingerprint density at radius 3 is 2.28 bits per heavy atom. The summed E-state index contributed by atoms with van der Waals surface area (Å²) in [6.07, 6.45) is 4.71. The van der Waals surface area contributed by atoms with E-state index >= 15 is 0 Å². The van der Waals surface area contributed by atoms with E-state index in [2.05, 4.69) is 32.7 Å². The Kier molecular flexibility index (Phi) is 10.8. The van der Waals surface area contributed by atoms with E-state index in [9.17, 15) is 0 Å². The number of aryl methyl sites for hydroxylation is 1. The lowest BCUT2D eigenvalue weighted by Crippen LogP contribution is -2.38. The van der Waals surface area contributed by atoms with Crippen molar-refractivity contribution >= 4 is 53.1 Å². The first kappa shape index (κ1) is 22.0. The van der Waals surface area contributed by atoms with Crippen molar-refractivity contribution in [2.24, 2.45) is 4.99 Å². The van der Waals surface area contributed by atoms with E-state index in [1.165, 1.54) is 5.56 Å². The summed E-state index contributed by atoms with van der Waals surface area (Å²) < 4.78 is 0. The van der Waals surface area contributed by atoms with Crippen LogP contribution in [0.25, 0.3) is 0 Å². The maximum Gasteiger partial charge on any atom is 0.190 e. The number of pyridine rings is 1. The van der Waals surface area contributed by atoms with Crippen molar-refractivity contribution in [3.05, 3.63) is 63.9 Å². The van der Waals surface area contributed by atoms with E-state index in [-0.39, 0.29) is 24.0 Å². The van der Waals surface area contributed by atoms with Crippen molar-refractivity contribution in [1.29, 1.82) is 0 Å². The molecule has 0 atom stereocenters. The molecular formula is C18H23Cl2IN4. The molecule has 0 fully saturated rings. The van der Waals surface area contributed by atoms with Crippen LogP contribution in [0.3, 0.4) is 0 Å². The number of guanidine groups is 1. The van der Waals surface area contributed by atoms with Gasteiger partial charge in [0.15, 0.2) is 5.96 Å². The number of hydrogen-bond donors (Lipinski definition) is 2. The van der Waals surface area contributed by atoms with Crippen LogP contribution in [-0.4, -0.2) is 31.1 Å². The van der Waals surface area contributed by atoms with Crippen molar-refractivity contribution in [2.75, 3.05) is 20.1 Å². The Morgan fingerprint density at radius 2 is 1.64 bits per heavy atom. The maximum atomic E-state index is 5.89. The lowest BCUT2D eigenvalue weighted by molar-refractivity contribution is 0.738. The van der Waals surface area contributed by atoms with Crippen LogP contribution in [-0.2, 0) is 12.8 Å². The lowest BCUT2D eigenvalue weighted by Gasteiger charge is -2.12. The molecule has 2 N–H and O–H groups in total. The molecule has 4 nitrogen and oxygen atoms in total. The number of aromatic nitrogens is 1. The van der Waals surface area contributed by atoms with Gasteiger partial charge in [0.2, 0.25) is 0 Å². The van der Waals surface area contributed by atoms with Gasteiger partial charge in [0.1, 0.15) is 5.15 Å². The number of hydrogen-bond acceptors (Lipinski definition) is 2. The molecule has 0 aliphatic rings. The van der Waals surface area contributed by atoms with E-state index < -0.39 is 0 Å². The molecule has 0 radical (unpaired) electrons. The minimum absolute atomic E-state index is 0. The smallest absolute Gasteiger partial charge is 0.190 e. The van der Waals surface area contributed by atoms with Gasteiger partial charge in [-0.3, -0.25) is 4.99 Å². The van der Waals surface area contributed by atoms with Crippen molar-refractivity contribution in [3.63, 3.8) is 0 Å². The average molecular weight is 493 g/mol. The van der Waals surface area contributed by atoms with Gasteiger partial charge >= 0.3 is 0 Å². The van der Waals surface area contributed by atoms with Crippen molar-refractivity contribution in [3.8, 4) is 0 Å². The van der Waals surface area contributed by atoms with Crippen molar-refractivity contribution in [2.45, 2.75) is 19.3 Å². The standard InChI is InChI=1S/C18H22Cl2N4.HI/c1-21-18(23-12-10-15-6-9-17(20)24-13-15)22-11-2-3-14-4-7-16(19)8-5-14;/h4-9,13H,2-3,10-12H2,1H3,(H2,21,22,23);1H. The fraction of sp³-hybridized carbons (Fsp3) is 0.333. The van der Waals surface area contributed by atoms with Crippen LogP contribution in [0, 0.1) is 0 Å². The van der Waals surface area contributed by atoms with E-state index in [1.807, 2.05) is 18.2 Å². The zero-order chi connectivity index (χ0) is 17.2. The van der Waals surface area contributed by atoms with Gasteiger partial charge in [0, 0.05) is 31.4 Å². The first-order chi connectivity index (χ1) is 11.7. The molecule has 0 bridgehead atoms. The highest BCUT2D eigenvalue weighted by Crippen LogP contribution is 2.10. The van der Waals surface area contributed by atoms with Gasteiger partial charge in [0.05, 0.1) is 0 Å². The Hall–Kier alpha value is -1.05. The highest BCUT2D eigenvalue weighted by atomic mass is 127. The van der Waals surface area contributed by atoms with Gasteiger partial charge in [-0.1, -0.05) is 41.4 Å². The Labute approximate surface area is 176 Å².